The highest BCUT2D eigenvalue weighted by Crippen LogP contribution is 2.47. The second-order valence-electron chi connectivity index (χ2n) is 7.52. The van der Waals surface area contributed by atoms with Gasteiger partial charge in [-0.1, -0.05) is 54.1 Å². The molecule has 4 aromatic rings. The zero-order valence-corrected chi connectivity index (χ0v) is 18.6. The van der Waals surface area contributed by atoms with Crippen molar-refractivity contribution in [3.05, 3.63) is 107 Å². The number of halogens is 2. The molecule has 0 saturated carbocycles. The number of nitrogens with zero attached hydrogens (tertiary/aromatic N) is 1. The molecule has 0 aliphatic carbocycles. The Labute approximate surface area is 194 Å². The van der Waals surface area contributed by atoms with E-state index in [0.29, 0.717) is 16.5 Å². The van der Waals surface area contributed by atoms with Gasteiger partial charge in [-0.05, 0) is 58.8 Å². The molecule has 6 heteroatoms. The fourth-order valence-electron chi connectivity index (χ4n) is 3.96. The van der Waals surface area contributed by atoms with E-state index in [-0.39, 0.29) is 23.7 Å². The third-order valence-corrected chi connectivity index (χ3v) is 6.86. The smallest absolute Gasteiger partial charge is 0.238 e. The molecule has 3 nitrogen and oxygen atoms in total. The first kappa shape index (κ1) is 20.9. The van der Waals surface area contributed by atoms with Gasteiger partial charge in [0, 0.05) is 16.3 Å². The summed E-state index contributed by atoms with van der Waals surface area (Å²) < 4.78 is 19.8. The predicted octanol–water partition coefficient (Wildman–Crippen LogP) is 6.99. The second-order valence-corrected chi connectivity index (χ2v) is 9.03. The maximum atomic E-state index is 13.6. The molecule has 32 heavy (non-hydrogen) atoms. The van der Waals surface area contributed by atoms with Gasteiger partial charge in [0.2, 0.25) is 5.91 Å². The van der Waals surface area contributed by atoms with Gasteiger partial charge >= 0.3 is 0 Å². The van der Waals surface area contributed by atoms with Crippen LogP contribution >= 0.6 is 23.4 Å². The standard InChI is InChI=1S/C26H19ClFNO2S/c27-19-9-11-21(12-10-19)29-24(30)16-32-26(29)25-22-7-2-1-5-18(22)8-13-23(25)31-15-17-4-3-6-20(28)14-17/h1-14,26H,15-16H2/t26-/m1/s1. The van der Waals surface area contributed by atoms with Crippen molar-refractivity contribution in [2.75, 3.05) is 10.7 Å². The third kappa shape index (κ3) is 4.06. The summed E-state index contributed by atoms with van der Waals surface area (Å²) in [6.07, 6.45) is 0. The van der Waals surface area contributed by atoms with Crippen molar-refractivity contribution < 1.29 is 13.9 Å². The van der Waals surface area contributed by atoms with Crippen LogP contribution in [0.2, 0.25) is 5.02 Å². The van der Waals surface area contributed by atoms with Crippen LogP contribution in [0.15, 0.2) is 84.9 Å². The maximum Gasteiger partial charge on any atom is 0.238 e. The number of hydrogen-bond acceptors (Lipinski definition) is 3. The van der Waals surface area contributed by atoms with Crippen LogP contribution in [0.25, 0.3) is 10.8 Å². The van der Waals surface area contributed by atoms with E-state index in [1.165, 1.54) is 12.1 Å². The van der Waals surface area contributed by atoms with E-state index in [1.54, 1.807) is 34.9 Å². The molecule has 5 rings (SSSR count). The predicted molar refractivity (Wildman–Crippen MR) is 129 cm³/mol. The molecular weight excluding hydrogens is 445 g/mol. The Balaban J connectivity index is 1.58. The summed E-state index contributed by atoms with van der Waals surface area (Å²) in [6, 6.07) is 25.7. The molecule has 1 atom stereocenters. The Kier molecular flexibility index (Phi) is 5.77. The van der Waals surface area contributed by atoms with Crippen molar-refractivity contribution in [3.63, 3.8) is 0 Å². The van der Waals surface area contributed by atoms with Crippen LogP contribution in [0.4, 0.5) is 10.1 Å². The number of carbonyl (C=O) groups is 1. The number of fused-ring (bicyclic) bond motifs is 1. The minimum absolute atomic E-state index is 0.0336. The van der Waals surface area contributed by atoms with Crippen molar-refractivity contribution in [1.29, 1.82) is 0 Å². The van der Waals surface area contributed by atoms with E-state index in [0.717, 1.165) is 27.6 Å². The van der Waals surface area contributed by atoms with Crippen molar-refractivity contribution in [2.45, 2.75) is 12.0 Å². The number of amides is 1. The van der Waals surface area contributed by atoms with Crippen LogP contribution < -0.4 is 9.64 Å². The Morgan fingerprint density at radius 3 is 2.62 bits per heavy atom. The van der Waals surface area contributed by atoms with Crippen molar-refractivity contribution in [3.8, 4) is 5.75 Å². The molecule has 4 aromatic carbocycles. The molecule has 1 amide bonds. The maximum absolute atomic E-state index is 13.6. The fraction of sp³-hybridized carbons (Fsp3) is 0.115. The molecule has 0 bridgehead atoms. The second kappa shape index (κ2) is 8.85. The van der Waals surface area contributed by atoms with Gasteiger partial charge in [0.1, 0.15) is 23.5 Å². The van der Waals surface area contributed by atoms with Crippen molar-refractivity contribution in [2.24, 2.45) is 0 Å². The Morgan fingerprint density at radius 2 is 1.81 bits per heavy atom. The number of benzene rings is 4. The summed E-state index contributed by atoms with van der Waals surface area (Å²) in [5.74, 6) is 0.793. The largest absolute Gasteiger partial charge is 0.488 e. The normalized spacial score (nSPS) is 16.0. The molecular formula is C26H19ClFNO2S. The molecule has 1 fully saturated rings. The molecule has 0 unspecified atom stereocenters. The number of anilines is 1. The Morgan fingerprint density at radius 1 is 1.00 bits per heavy atom. The van der Waals surface area contributed by atoms with Crippen molar-refractivity contribution in [1.82, 2.24) is 0 Å². The summed E-state index contributed by atoms with van der Waals surface area (Å²) in [4.78, 5) is 14.7. The van der Waals surface area contributed by atoms with Gasteiger partial charge in [-0.2, -0.15) is 0 Å². The van der Waals surface area contributed by atoms with E-state index in [2.05, 4.69) is 0 Å². The lowest BCUT2D eigenvalue weighted by molar-refractivity contribution is -0.115. The van der Waals surface area contributed by atoms with Crippen LogP contribution in [0.3, 0.4) is 0 Å². The minimum atomic E-state index is -0.296. The first-order valence-corrected chi connectivity index (χ1v) is 11.6. The summed E-state index contributed by atoms with van der Waals surface area (Å²) in [5.41, 5.74) is 2.47. The van der Waals surface area contributed by atoms with E-state index in [9.17, 15) is 9.18 Å². The first-order valence-electron chi connectivity index (χ1n) is 10.2. The van der Waals surface area contributed by atoms with Gasteiger partial charge in [0.05, 0.1) is 5.75 Å². The minimum Gasteiger partial charge on any atom is -0.488 e. The lowest BCUT2D eigenvalue weighted by Gasteiger charge is -2.27. The topological polar surface area (TPSA) is 29.5 Å². The van der Waals surface area contributed by atoms with Gasteiger partial charge in [0.25, 0.3) is 0 Å². The summed E-state index contributed by atoms with van der Waals surface area (Å²) in [7, 11) is 0. The fourth-order valence-corrected chi connectivity index (χ4v) is 5.33. The summed E-state index contributed by atoms with van der Waals surface area (Å²) >= 11 is 7.63. The van der Waals surface area contributed by atoms with Gasteiger partial charge < -0.3 is 4.74 Å². The Bertz CT molecular complexity index is 1290. The molecule has 1 aliphatic heterocycles. The lowest BCUT2D eigenvalue weighted by atomic mass is 10.0. The van der Waals surface area contributed by atoms with Crippen LogP contribution in [0, 0.1) is 5.82 Å². The lowest BCUT2D eigenvalue weighted by Crippen LogP contribution is -2.28. The summed E-state index contributed by atoms with van der Waals surface area (Å²) in [5, 5.41) is 2.46. The highest BCUT2D eigenvalue weighted by atomic mass is 35.5. The number of thioether (sulfide) groups is 1. The molecule has 0 N–H and O–H groups in total. The third-order valence-electron chi connectivity index (χ3n) is 5.43. The highest BCUT2D eigenvalue weighted by molar-refractivity contribution is 8.00. The molecule has 0 aromatic heterocycles. The van der Waals surface area contributed by atoms with Crippen LogP contribution in [-0.4, -0.2) is 11.7 Å². The average molecular weight is 464 g/mol. The van der Waals surface area contributed by atoms with E-state index < -0.39 is 0 Å². The number of ether oxygens (including phenoxy) is 1. The van der Waals surface area contributed by atoms with E-state index in [1.807, 2.05) is 54.6 Å². The molecule has 0 radical (unpaired) electrons. The molecule has 1 aliphatic rings. The van der Waals surface area contributed by atoms with Gasteiger partial charge in [0.15, 0.2) is 0 Å². The van der Waals surface area contributed by atoms with Crippen LogP contribution in [-0.2, 0) is 11.4 Å². The zero-order chi connectivity index (χ0) is 22.1. The van der Waals surface area contributed by atoms with Crippen molar-refractivity contribution >= 4 is 45.7 Å². The average Bonchev–Trinajstić information content (AvgIpc) is 3.18. The van der Waals surface area contributed by atoms with Crippen LogP contribution in [0.5, 0.6) is 5.75 Å². The highest BCUT2D eigenvalue weighted by Gasteiger charge is 2.36. The van der Waals surface area contributed by atoms with Gasteiger partial charge in [-0.3, -0.25) is 9.69 Å². The van der Waals surface area contributed by atoms with Crippen LogP contribution in [0.1, 0.15) is 16.5 Å². The monoisotopic (exact) mass is 463 g/mol. The quantitative estimate of drug-likeness (QED) is 0.319. The van der Waals surface area contributed by atoms with E-state index in [4.69, 9.17) is 16.3 Å². The molecule has 0 spiro atoms. The van der Waals surface area contributed by atoms with Gasteiger partial charge in [-0.25, -0.2) is 4.39 Å². The number of hydrogen-bond donors (Lipinski definition) is 0. The SMILES string of the molecule is O=C1CS[C@H](c2c(OCc3cccc(F)c3)ccc3ccccc23)N1c1ccc(Cl)cc1. The van der Waals surface area contributed by atoms with E-state index >= 15 is 0 Å². The Hall–Kier alpha value is -3.02. The molecule has 160 valence electrons. The molecule has 1 saturated heterocycles. The number of carbonyl (C=O) groups excluding carboxylic acids is 1. The summed E-state index contributed by atoms with van der Waals surface area (Å²) in [6.45, 7) is 0.232. The molecule has 1 heterocycles. The number of rotatable bonds is 5. The first-order chi connectivity index (χ1) is 15.6. The van der Waals surface area contributed by atoms with Gasteiger partial charge in [-0.15, -0.1) is 11.8 Å². The zero-order valence-electron chi connectivity index (χ0n) is 17.0.